The van der Waals surface area contributed by atoms with Gasteiger partial charge in [-0.3, -0.25) is 19.2 Å². The minimum Gasteiger partial charge on any atom is -0.309 e. The highest BCUT2D eigenvalue weighted by Gasteiger charge is 2.30. The second kappa shape index (κ2) is 18.3. The van der Waals surface area contributed by atoms with E-state index in [0.29, 0.717) is 87.2 Å². The lowest BCUT2D eigenvalue weighted by Crippen LogP contribution is -2.13. The van der Waals surface area contributed by atoms with Crippen LogP contribution in [0.25, 0.3) is 132 Å². The molecule has 4 heterocycles. The summed E-state index contributed by atoms with van der Waals surface area (Å²) in [6, 6.07) is 64.6. The van der Waals surface area contributed by atoms with Crippen LogP contribution in [0.3, 0.4) is 0 Å². The molecule has 11 aromatic carbocycles. The van der Waals surface area contributed by atoms with Crippen molar-refractivity contribution in [2.75, 3.05) is 0 Å². The predicted molar refractivity (Wildman–Crippen MR) is 320 cm³/mol. The highest BCUT2D eigenvalue weighted by molar-refractivity contribution is 6.00. The number of benzene rings is 11. The van der Waals surface area contributed by atoms with Crippen molar-refractivity contribution in [2.45, 2.75) is 0 Å². The van der Waals surface area contributed by atoms with E-state index in [1.165, 1.54) is 24.3 Å². The number of fused-ring (bicyclic) bond motifs is 8. The average molecular weight is 1080 g/mol. The van der Waals surface area contributed by atoms with Crippen molar-refractivity contribution >= 4 is 87.2 Å². The summed E-state index contributed by atoms with van der Waals surface area (Å²) in [5, 5.41) is 2.77. The van der Waals surface area contributed by atoms with Crippen LogP contribution >= 0.6 is 0 Å². The van der Waals surface area contributed by atoms with Crippen molar-refractivity contribution in [3.8, 4) is 45.0 Å². The molecule has 15 rings (SSSR count). The standard InChI is InChI=1S/C70H38F4N4O4/c71-63-61(39-33-41(75-53-25-9-1-17-45(53)67(79)46-18-2-10-26-54(46)75)37-42(34-39)76-55-27-11-3-19-47(55)68(80)48-20-4-12-28-56(48)76)64(72)66(74)62(65(63)73)40-35-43(77-57-29-13-5-21-49(57)69(81)50-22-6-14-30-58(50)77)38-44(36-40)78-59-31-15-7-23-51(59)70(82)52-24-8-16-32-60(52)78/h1-38H. The third kappa shape index (κ3) is 7.04. The van der Waals surface area contributed by atoms with Gasteiger partial charge < -0.3 is 18.3 Å². The number of hydrogen-bond donors (Lipinski definition) is 0. The fourth-order valence-corrected chi connectivity index (χ4v) is 12.2. The normalized spacial score (nSPS) is 11.9. The van der Waals surface area contributed by atoms with Gasteiger partial charge in [0.2, 0.25) is 0 Å². The number of para-hydroxylation sites is 8. The summed E-state index contributed by atoms with van der Waals surface area (Å²) in [6.07, 6.45) is 0. The molecule has 15 aromatic rings. The molecule has 4 aromatic heterocycles. The van der Waals surface area contributed by atoms with Gasteiger partial charge in [0.25, 0.3) is 0 Å². The largest absolute Gasteiger partial charge is 0.309 e. The summed E-state index contributed by atoms with van der Waals surface area (Å²) >= 11 is 0. The molecule has 0 atom stereocenters. The molecule has 0 amide bonds. The van der Waals surface area contributed by atoms with Gasteiger partial charge >= 0.3 is 0 Å². The van der Waals surface area contributed by atoms with E-state index >= 15 is 17.6 Å². The van der Waals surface area contributed by atoms with Crippen molar-refractivity contribution in [1.29, 1.82) is 0 Å². The molecular weight excluding hydrogens is 1040 g/mol. The number of rotatable bonds is 6. The maximum absolute atomic E-state index is 18.1. The van der Waals surface area contributed by atoms with Crippen molar-refractivity contribution in [1.82, 2.24) is 18.3 Å². The van der Waals surface area contributed by atoms with Gasteiger partial charge in [0, 0.05) is 65.8 Å². The van der Waals surface area contributed by atoms with Crippen LogP contribution < -0.4 is 21.7 Å². The average Bonchev–Trinajstić information content (AvgIpc) is 2.84. The Morgan fingerprint density at radius 2 is 0.378 bits per heavy atom. The molecule has 0 aliphatic rings. The van der Waals surface area contributed by atoms with E-state index in [-0.39, 0.29) is 55.6 Å². The first-order valence-corrected chi connectivity index (χ1v) is 26.3. The summed E-state index contributed by atoms with van der Waals surface area (Å²) in [5.41, 5.74) is 1.10. The van der Waals surface area contributed by atoms with Crippen LogP contribution in [0.4, 0.5) is 17.6 Å². The zero-order chi connectivity index (χ0) is 55.7. The van der Waals surface area contributed by atoms with E-state index in [4.69, 9.17) is 0 Å². The lowest BCUT2D eigenvalue weighted by atomic mass is 9.95. The Bertz CT molecular complexity index is 4670. The molecule has 0 saturated carbocycles. The van der Waals surface area contributed by atoms with Gasteiger partial charge in [0.1, 0.15) is 0 Å². The Morgan fingerprint density at radius 3 is 0.549 bits per heavy atom. The Kier molecular flexibility index (Phi) is 10.7. The molecule has 0 bridgehead atoms. The van der Waals surface area contributed by atoms with Gasteiger partial charge in [-0.15, -0.1) is 0 Å². The van der Waals surface area contributed by atoms with Crippen LogP contribution in [0.5, 0.6) is 0 Å². The first-order valence-electron chi connectivity index (χ1n) is 26.3. The fraction of sp³-hybridized carbons (Fsp3) is 0. The Balaban J connectivity index is 1.04. The van der Waals surface area contributed by atoms with Crippen molar-refractivity contribution in [3.05, 3.63) is 295 Å². The fourth-order valence-electron chi connectivity index (χ4n) is 12.2. The molecule has 8 nitrogen and oxygen atoms in total. The van der Waals surface area contributed by atoms with E-state index in [1.807, 2.05) is 0 Å². The second-order valence-corrected chi connectivity index (χ2v) is 20.3. The third-order valence-corrected chi connectivity index (χ3v) is 15.8. The maximum Gasteiger partial charge on any atom is 0.197 e. The molecule has 0 radical (unpaired) electrons. The summed E-state index contributed by atoms with van der Waals surface area (Å²) in [5.74, 6) is -6.81. The second-order valence-electron chi connectivity index (χ2n) is 20.3. The van der Waals surface area contributed by atoms with E-state index in [0.717, 1.165) is 0 Å². The molecule has 0 fully saturated rings. The van der Waals surface area contributed by atoms with Crippen LogP contribution in [0, 0.1) is 23.3 Å². The smallest absolute Gasteiger partial charge is 0.197 e. The third-order valence-electron chi connectivity index (χ3n) is 15.8. The monoisotopic (exact) mass is 1070 g/mol. The molecule has 0 saturated heterocycles. The molecule has 0 aliphatic heterocycles. The lowest BCUT2D eigenvalue weighted by molar-refractivity contribution is 0.463. The maximum atomic E-state index is 18.1. The molecule has 390 valence electrons. The minimum absolute atomic E-state index is 0.246. The molecule has 0 N–H and O–H groups in total. The Morgan fingerprint density at radius 1 is 0.220 bits per heavy atom. The molecule has 0 aliphatic carbocycles. The molecular formula is C70H38F4N4O4. The zero-order valence-corrected chi connectivity index (χ0v) is 42.9. The van der Waals surface area contributed by atoms with E-state index in [9.17, 15) is 19.2 Å². The van der Waals surface area contributed by atoms with Crippen molar-refractivity contribution < 1.29 is 17.6 Å². The van der Waals surface area contributed by atoms with Gasteiger partial charge in [0.15, 0.2) is 45.0 Å². The molecule has 82 heavy (non-hydrogen) atoms. The molecule has 0 spiro atoms. The van der Waals surface area contributed by atoms with Crippen LogP contribution in [0.2, 0.25) is 0 Å². The summed E-state index contributed by atoms with van der Waals surface area (Å²) in [7, 11) is 0. The van der Waals surface area contributed by atoms with Crippen LogP contribution in [0.1, 0.15) is 0 Å². The Labute approximate surface area is 460 Å². The molecule has 0 unspecified atom stereocenters. The Hall–Kier alpha value is -11.0. The predicted octanol–water partition coefficient (Wildman–Crippen LogP) is 15.4. The van der Waals surface area contributed by atoms with Crippen LogP contribution in [0.15, 0.2) is 250 Å². The SMILES string of the molecule is O=c1c2ccccc2n(-c2cc(-c3c(F)c(F)c(-c4cc(-n5c6ccccc6c(=O)c6ccccc65)cc(-n5c6ccccc6c(=O)c6ccccc65)c4)c(F)c3F)cc(-n3c4ccccc4c(=O)c4ccccc43)c2)c2ccccc12. The minimum atomic E-state index is -1.70. The van der Waals surface area contributed by atoms with E-state index in [1.54, 1.807) is 225 Å². The zero-order valence-electron chi connectivity index (χ0n) is 42.9. The quantitative estimate of drug-likeness (QED) is 0.0943. The number of halogens is 4. The van der Waals surface area contributed by atoms with Gasteiger partial charge in [0.05, 0.1) is 55.3 Å². The molecule has 12 heteroatoms. The van der Waals surface area contributed by atoms with Gasteiger partial charge in [-0.05, 0) is 145 Å². The first-order chi connectivity index (χ1) is 40.0. The van der Waals surface area contributed by atoms with Crippen molar-refractivity contribution in [3.63, 3.8) is 0 Å². The first kappa shape index (κ1) is 48.2. The highest BCUT2D eigenvalue weighted by Crippen LogP contribution is 2.42. The van der Waals surface area contributed by atoms with Gasteiger partial charge in [-0.2, -0.15) is 0 Å². The van der Waals surface area contributed by atoms with Gasteiger partial charge in [-0.1, -0.05) is 97.1 Å². The number of pyridine rings is 4. The van der Waals surface area contributed by atoms with Crippen LogP contribution in [-0.2, 0) is 0 Å². The number of aromatic nitrogens is 4. The van der Waals surface area contributed by atoms with E-state index in [2.05, 4.69) is 0 Å². The summed E-state index contributed by atoms with van der Waals surface area (Å²) in [4.78, 5) is 56.4. The summed E-state index contributed by atoms with van der Waals surface area (Å²) < 4.78 is 79.4. The van der Waals surface area contributed by atoms with Crippen LogP contribution in [-0.4, -0.2) is 18.3 Å². The topological polar surface area (TPSA) is 88.0 Å². The van der Waals surface area contributed by atoms with Gasteiger partial charge in [-0.25, -0.2) is 17.6 Å². The number of nitrogens with zero attached hydrogens (tertiary/aromatic N) is 4. The number of hydrogen-bond acceptors (Lipinski definition) is 4. The van der Waals surface area contributed by atoms with Crippen molar-refractivity contribution in [2.24, 2.45) is 0 Å². The lowest BCUT2D eigenvalue weighted by Gasteiger charge is -2.22. The highest BCUT2D eigenvalue weighted by atomic mass is 19.2. The van der Waals surface area contributed by atoms with E-state index < -0.39 is 34.4 Å². The summed E-state index contributed by atoms with van der Waals surface area (Å²) in [6.45, 7) is 0.